The molecule has 11 nitrogen and oxygen atoms in total. The number of benzene rings is 2. The fraction of sp³-hybridized carbons (Fsp3) is 0.367. The van der Waals surface area contributed by atoms with Crippen LogP contribution in [0.2, 0.25) is 0 Å². The Morgan fingerprint density at radius 2 is 1.88 bits per heavy atom. The van der Waals surface area contributed by atoms with Crippen LogP contribution in [0.25, 0.3) is 39.1 Å². The summed E-state index contributed by atoms with van der Waals surface area (Å²) in [7, 11) is 3.72. The van der Waals surface area contributed by atoms with E-state index in [1.165, 1.54) is 35.0 Å². The summed E-state index contributed by atoms with van der Waals surface area (Å²) in [5.41, 5.74) is 2.98. The predicted octanol–water partition coefficient (Wildman–Crippen LogP) is 3.99. The van der Waals surface area contributed by atoms with E-state index in [0.717, 1.165) is 49.3 Å². The smallest absolute Gasteiger partial charge is 0.387 e. The number of nitrogens with zero attached hydrogens (tertiary/aromatic N) is 7. The first-order valence-electron chi connectivity index (χ1n) is 14.0. The van der Waals surface area contributed by atoms with Gasteiger partial charge in [-0.05, 0) is 49.7 Å². The van der Waals surface area contributed by atoms with Crippen LogP contribution >= 0.6 is 0 Å². The molecule has 4 heterocycles. The van der Waals surface area contributed by atoms with Crippen LogP contribution in [0.1, 0.15) is 19.2 Å². The summed E-state index contributed by atoms with van der Waals surface area (Å²) in [6.07, 6.45) is 3.59. The van der Waals surface area contributed by atoms with Crippen molar-refractivity contribution >= 4 is 22.2 Å². The van der Waals surface area contributed by atoms with Gasteiger partial charge in [0.05, 0.1) is 35.6 Å². The molecule has 5 aromatic rings. The summed E-state index contributed by atoms with van der Waals surface area (Å²) < 4.78 is 44.3. The van der Waals surface area contributed by atoms with Crippen LogP contribution in [-0.2, 0) is 18.2 Å². The number of aryl methyl sites for hydroxylation is 1. The van der Waals surface area contributed by atoms with Crippen molar-refractivity contribution in [2.24, 2.45) is 7.05 Å². The quantitative estimate of drug-likeness (QED) is 0.238. The summed E-state index contributed by atoms with van der Waals surface area (Å²) in [5.74, 6) is 0.913. The van der Waals surface area contributed by atoms with Crippen LogP contribution in [0, 0.1) is 0 Å². The summed E-state index contributed by atoms with van der Waals surface area (Å²) in [5, 5.41) is 0. The van der Waals surface area contributed by atoms with Gasteiger partial charge in [0, 0.05) is 45.8 Å². The summed E-state index contributed by atoms with van der Waals surface area (Å²) >= 11 is 0. The van der Waals surface area contributed by atoms with Gasteiger partial charge in [-0.2, -0.15) is 13.8 Å². The van der Waals surface area contributed by atoms with Crippen LogP contribution in [-0.4, -0.2) is 80.0 Å². The molecular formula is C30H31F2N7O4. The van der Waals surface area contributed by atoms with E-state index in [1.54, 1.807) is 14.0 Å². The van der Waals surface area contributed by atoms with Crippen molar-refractivity contribution in [3.8, 4) is 28.7 Å². The highest BCUT2D eigenvalue weighted by Crippen LogP contribution is 2.26. The Balaban J connectivity index is 1.40. The molecule has 0 bridgehead atoms. The molecule has 1 aliphatic heterocycles. The van der Waals surface area contributed by atoms with Gasteiger partial charge < -0.3 is 23.7 Å². The lowest BCUT2D eigenvalue weighted by atomic mass is 10.1. The Morgan fingerprint density at radius 3 is 2.60 bits per heavy atom. The molecule has 1 atom stereocenters. The fourth-order valence-corrected chi connectivity index (χ4v) is 5.43. The Labute approximate surface area is 245 Å². The first kappa shape index (κ1) is 28.6. The van der Waals surface area contributed by atoms with E-state index in [1.807, 2.05) is 29.8 Å². The normalized spacial score (nSPS) is 15.6. The second-order valence-electron chi connectivity index (χ2n) is 10.3. The molecule has 0 radical (unpaired) electrons. The highest BCUT2D eigenvalue weighted by atomic mass is 19.3. The molecule has 0 saturated carbocycles. The van der Waals surface area contributed by atoms with Crippen molar-refractivity contribution in [2.75, 3.05) is 33.4 Å². The lowest BCUT2D eigenvalue weighted by Gasteiger charge is -2.15. The fourth-order valence-electron chi connectivity index (χ4n) is 5.43. The molecule has 1 aliphatic rings. The van der Waals surface area contributed by atoms with Gasteiger partial charge in [0.15, 0.2) is 5.65 Å². The average molecular weight is 592 g/mol. The molecule has 13 heteroatoms. The van der Waals surface area contributed by atoms with Gasteiger partial charge in [-0.15, -0.1) is 0 Å². The molecule has 43 heavy (non-hydrogen) atoms. The van der Waals surface area contributed by atoms with E-state index in [4.69, 9.17) is 14.5 Å². The maximum Gasteiger partial charge on any atom is 0.387 e. The average Bonchev–Trinajstić information content (AvgIpc) is 3.60. The molecule has 0 amide bonds. The number of imidazole rings is 1. The molecule has 2 aromatic carbocycles. The second kappa shape index (κ2) is 12.0. The van der Waals surface area contributed by atoms with Gasteiger partial charge in [0.2, 0.25) is 0 Å². The molecule has 0 aliphatic carbocycles. The van der Waals surface area contributed by atoms with Crippen LogP contribution in [0.5, 0.6) is 11.8 Å². The van der Waals surface area contributed by atoms with Crippen molar-refractivity contribution in [3.05, 3.63) is 64.8 Å². The summed E-state index contributed by atoms with van der Waals surface area (Å²) in [6, 6.07) is 11.4. The van der Waals surface area contributed by atoms with Crippen LogP contribution in [0.4, 0.5) is 8.78 Å². The first-order chi connectivity index (χ1) is 20.8. The third-order valence-electron chi connectivity index (χ3n) is 7.63. The van der Waals surface area contributed by atoms with Crippen molar-refractivity contribution in [3.63, 3.8) is 0 Å². The van der Waals surface area contributed by atoms with E-state index in [2.05, 4.69) is 24.6 Å². The number of halogens is 2. The third-order valence-corrected chi connectivity index (χ3v) is 7.63. The lowest BCUT2D eigenvalue weighted by Crippen LogP contribution is -2.25. The van der Waals surface area contributed by atoms with E-state index in [-0.39, 0.29) is 29.2 Å². The van der Waals surface area contributed by atoms with E-state index >= 15 is 0 Å². The number of likely N-dealkylation sites (tertiary alicyclic amines) is 1. The third kappa shape index (κ3) is 5.77. The van der Waals surface area contributed by atoms with Gasteiger partial charge in [-0.3, -0.25) is 9.36 Å². The van der Waals surface area contributed by atoms with Gasteiger partial charge in [0.1, 0.15) is 22.8 Å². The van der Waals surface area contributed by atoms with Crippen molar-refractivity contribution < 1.29 is 23.0 Å². The van der Waals surface area contributed by atoms with Gasteiger partial charge in [0.25, 0.3) is 5.56 Å². The summed E-state index contributed by atoms with van der Waals surface area (Å²) in [6.45, 7) is 1.97. The molecule has 3 aromatic heterocycles. The number of fused-ring (bicyclic) bond motifs is 2. The molecular weight excluding hydrogens is 560 g/mol. The van der Waals surface area contributed by atoms with E-state index < -0.39 is 12.2 Å². The predicted molar refractivity (Wildman–Crippen MR) is 156 cm³/mol. The standard InChI is InChI=1S/C30H31F2N7O4/c1-4-42-30-33-16-23-27(36-30)39(19-6-8-20(9-7-19)43-29(31)32)28(40)26(35-23)18-5-10-22-24(15-18)37(2)25(34-22)12-14-38-13-11-21(17-38)41-3/h5-10,15-16,21,29H,4,11-14,17H2,1-3H3. The van der Waals surface area contributed by atoms with Gasteiger partial charge >= 0.3 is 12.6 Å². The number of alkyl halides is 2. The number of hydrogen-bond acceptors (Lipinski definition) is 9. The van der Waals surface area contributed by atoms with Crippen molar-refractivity contribution in [1.29, 1.82) is 0 Å². The topological polar surface area (TPSA) is 109 Å². The zero-order chi connectivity index (χ0) is 30.1. The van der Waals surface area contributed by atoms with Crippen molar-refractivity contribution in [2.45, 2.75) is 32.5 Å². The van der Waals surface area contributed by atoms with Crippen LogP contribution < -0.4 is 15.0 Å². The minimum Gasteiger partial charge on any atom is -0.464 e. The number of rotatable bonds is 10. The minimum atomic E-state index is -2.96. The molecule has 224 valence electrons. The molecule has 0 spiro atoms. The molecule has 0 N–H and O–H groups in total. The van der Waals surface area contributed by atoms with Crippen LogP contribution in [0.3, 0.4) is 0 Å². The highest BCUT2D eigenvalue weighted by molar-refractivity contribution is 5.83. The van der Waals surface area contributed by atoms with E-state index in [0.29, 0.717) is 23.4 Å². The zero-order valence-corrected chi connectivity index (χ0v) is 24.0. The SMILES string of the molecule is CCOc1ncc2nc(-c3ccc4nc(CCN5CCC(OC)C5)n(C)c4c3)c(=O)n(-c3ccc(OC(F)F)cc3)c2n1. The maximum absolute atomic E-state index is 14.1. The number of ether oxygens (including phenoxy) is 3. The Kier molecular flexibility index (Phi) is 8.00. The maximum atomic E-state index is 14.1. The largest absolute Gasteiger partial charge is 0.464 e. The number of aromatic nitrogens is 6. The highest BCUT2D eigenvalue weighted by Gasteiger charge is 2.23. The van der Waals surface area contributed by atoms with Gasteiger partial charge in [-0.25, -0.2) is 15.0 Å². The van der Waals surface area contributed by atoms with E-state index in [9.17, 15) is 13.6 Å². The number of hydrogen-bond donors (Lipinski definition) is 0. The molecule has 1 unspecified atom stereocenters. The lowest BCUT2D eigenvalue weighted by molar-refractivity contribution is -0.0498. The monoisotopic (exact) mass is 591 g/mol. The summed E-state index contributed by atoms with van der Waals surface area (Å²) in [4.78, 5) is 34.6. The number of methoxy groups -OCH3 is 1. The minimum absolute atomic E-state index is 0.0317. The zero-order valence-electron chi connectivity index (χ0n) is 24.0. The van der Waals surface area contributed by atoms with Crippen LogP contribution in [0.15, 0.2) is 53.5 Å². The Hall–Kier alpha value is -4.49. The Morgan fingerprint density at radius 1 is 1.07 bits per heavy atom. The molecule has 1 saturated heterocycles. The molecule has 1 fully saturated rings. The Bertz CT molecular complexity index is 1820. The molecule has 6 rings (SSSR count). The second-order valence-corrected chi connectivity index (χ2v) is 10.3. The van der Waals surface area contributed by atoms with Gasteiger partial charge in [-0.1, -0.05) is 6.07 Å². The van der Waals surface area contributed by atoms with Crippen molar-refractivity contribution in [1.82, 2.24) is 34.0 Å². The first-order valence-corrected chi connectivity index (χ1v) is 14.0.